The molecule has 0 fully saturated rings. The van der Waals surface area contributed by atoms with Gasteiger partial charge in [-0.25, -0.2) is 4.98 Å². The number of carbonyl (C=O) groups excluding carboxylic acids is 1. The molecule has 13 heavy (non-hydrogen) atoms. The molecule has 0 saturated carbocycles. The lowest BCUT2D eigenvalue weighted by molar-refractivity contribution is 0.0934. The number of nitrogens with one attached hydrogen (secondary N) is 3. The van der Waals surface area contributed by atoms with E-state index in [-0.39, 0.29) is 12.1 Å². The molecule has 3 N–H and O–H groups in total. The Labute approximate surface area is 76.9 Å². The Kier molecular flexibility index (Phi) is 2.89. The van der Waals surface area contributed by atoms with Crippen LogP contribution in [0.15, 0.2) is 6.33 Å². The summed E-state index contributed by atoms with van der Waals surface area (Å²) in [6, 6.07) is 0. The molecule has 1 aliphatic heterocycles. The van der Waals surface area contributed by atoms with Crippen molar-refractivity contribution in [1.29, 1.82) is 0 Å². The van der Waals surface area contributed by atoms with Gasteiger partial charge in [-0.15, -0.1) is 0 Å². The molecule has 1 aromatic rings. The van der Waals surface area contributed by atoms with Crippen LogP contribution >= 0.6 is 0 Å². The molecule has 0 aromatic carbocycles. The van der Waals surface area contributed by atoms with Crippen LogP contribution < -0.4 is 10.6 Å². The largest absolute Gasteiger partial charge is 0.348 e. The summed E-state index contributed by atoms with van der Waals surface area (Å²) in [5, 5.41) is 5.70. The molecular weight excluding hydrogens is 168 g/mol. The van der Waals surface area contributed by atoms with Gasteiger partial charge in [-0.3, -0.25) is 4.79 Å². The summed E-state index contributed by atoms with van der Waals surface area (Å²) in [4.78, 5) is 17.8. The lowest BCUT2D eigenvalue weighted by atomic mass is 10.3. The molecule has 1 atom stereocenters. The van der Waals surface area contributed by atoms with Crippen molar-refractivity contribution < 1.29 is 4.79 Å². The second-order valence-corrected chi connectivity index (χ2v) is 2.47. The van der Waals surface area contributed by atoms with Crippen LogP contribution in [0.3, 0.4) is 0 Å². The van der Waals surface area contributed by atoms with Crippen LogP contribution in [0.25, 0.3) is 0 Å². The van der Waals surface area contributed by atoms with Crippen molar-refractivity contribution in [3.05, 3.63) is 12.0 Å². The van der Waals surface area contributed by atoms with Crippen LogP contribution in [0, 0.1) is 0 Å². The second-order valence-electron chi connectivity index (χ2n) is 2.47. The molecule has 1 aliphatic rings. The summed E-state index contributed by atoms with van der Waals surface area (Å²) in [5.74, 6) is 0.519. The zero-order valence-electron chi connectivity index (χ0n) is 8.01. The molecule has 72 valence electrons. The first kappa shape index (κ1) is 9.57. The number of imidazole rings is 1. The minimum atomic E-state index is -0.108. The molecule has 0 aliphatic carbocycles. The normalized spacial score (nSPS) is 19.0. The van der Waals surface area contributed by atoms with Crippen molar-refractivity contribution in [2.45, 2.75) is 26.9 Å². The van der Waals surface area contributed by atoms with E-state index in [4.69, 9.17) is 0 Å². The number of aromatic amines is 1. The van der Waals surface area contributed by atoms with Gasteiger partial charge in [-0.2, -0.15) is 0 Å². The zero-order valence-corrected chi connectivity index (χ0v) is 8.01. The lowest BCUT2D eigenvalue weighted by Crippen LogP contribution is -2.42. The number of H-pyrrole nitrogens is 1. The molecule has 0 spiro atoms. The highest BCUT2D eigenvalue weighted by molar-refractivity contribution is 5.98. The fourth-order valence-corrected chi connectivity index (χ4v) is 1.09. The molecule has 1 unspecified atom stereocenters. The minimum Gasteiger partial charge on any atom is -0.348 e. The van der Waals surface area contributed by atoms with Crippen molar-refractivity contribution >= 4 is 11.7 Å². The third kappa shape index (κ3) is 1.80. The fraction of sp³-hybridized carbons (Fsp3) is 0.500. The SMILES string of the molecule is CC.CC1NC(=O)c2[nH]cnc2N1. The third-order valence-corrected chi connectivity index (χ3v) is 1.57. The fourth-order valence-electron chi connectivity index (χ4n) is 1.09. The van der Waals surface area contributed by atoms with Gasteiger partial charge < -0.3 is 15.6 Å². The average Bonchev–Trinajstić information content (AvgIpc) is 2.55. The monoisotopic (exact) mass is 182 g/mol. The standard InChI is InChI=1S/C6H8N4O.C2H6/c1-3-9-5-4(6(11)10-3)7-2-8-5;1-2/h2-3,9H,1H3,(H,7,8)(H,10,11);1-2H3. The lowest BCUT2D eigenvalue weighted by Gasteiger charge is -2.20. The van der Waals surface area contributed by atoms with E-state index >= 15 is 0 Å². The molecular formula is C8H14N4O. The van der Waals surface area contributed by atoms with Crippen molar-refractivity contribution in [3.8, 4) is 0 Å². The van der Waals surface area contributed by atoms with Gasteiger partial charge in [0, 0.05) is 0 Å². The third-order valence-electron chi connectivity index (χ3n) is 1.57. The Bertz CT molecular complexity index is 294. The van der Waals surface area contributed by atoms with E-state index in [9.17, 15) is 4.79 Å². The van der Waals surface area contributed by atoms with Gasteiger partial charge in [0.1, 0.15) is 5.69 Å². The number of rotatable bonds is 0. The van der Waals surface area contributed by atoms with Crippen molar-refractivity contribution in [2.75, 3.05) is 5.32 Å². The first-order valence-electron chi connectivity index (χ1n) is 4.38. The van der Waals surface area contributed by atoms with Gasteiger partial charge in [0.2, 0.25) is 0 Å². The van der Waals surface area contributed by atoms with Crippen LogP contribution in [0.2, 0.25) is 0 Å². The molecule has 5 heteroatoms. The van der Waals surface area contributed by atoms with E-state index < -0.39 is 0 Å². The first-order valence-corrected chi connectivity index (χ1v) is 4.38. The molecule has 2 rings (SSSR count). The van der Waals surface area contributed by atoms with Crippen LogP contribution in [0.1, 0.15) is 31.3 Å². The number of carbonyl (C=O) groups is 1. The van der Waals surface area contributed by atoms with E-state index in [2.05, 4.69) is 20.6 Å². The number of nitrogens with zero attached hydrogens (tertiary/aromatic N) is 1. The maximum atomic E-state index is 11.1. The van der Waals surface area contributed by atoms with Crippen LogP contribution in [-0.2, 0) is 0 Å². The maximum absolute atomic E-state index is 11.1. The van der Waals surface area contributed by atoms with Gasteiger partial charge >= 0.3 is 0 Å². The Balaban J connectivity index is 0.000000396. The predicted octanol–water partition coefficient (Wildman–Crippen LogP) is 0.937. The second kappa shape index (κ2) is 3.93. The Hall–Kier alpha value is -1.52. The number of hydrogen-bond donors (Lipinski definition) is 3. The van der Waals surface area contributed by atoms with Crippen LogP contribution in [0.4, 0.5) is 5.82 Å². The summed E-state index contributed by atoms with van der Waals surface area (Å²) in [7, 11) is 0. The summed E-state index contributed by atoms with van der Waals surface area (Å²) in [6.45, 7) is 5.86. The summed E-state index contributed by atoms with van der Waals surface area (Å²) in [6.07, 6.45) is 1.45. The van der Waals surface area contributed by atoms with Crippen molar-refractivity contribution in [3.63, 3.8) is 0 Å². The van der Waals surface area contributed by atoms with Crippen LogP contribution in [-0.4, -0.2) is 22.0 Å². The quantitative estimate of drug-likeness (QED) is 0.559. The zero-order chi connectivity index (χ0) is 9.84. The molecule has 2 heterocycles. The van der Waals surface area contributed by atoms with Gasteiger partial charge in [0.05, 0.1) is 12.5 Å². The highest BCUT2D eigenvalue weighted by atomic mass is 16.2. The van der Waals surface area contributed by atoms with Gasteiger partial charge in [-0.05, 0) is 6.92 Å². The van der Waals surface area contributed by atoms with E-state index in [0.717, 1.165) is 0 Å². The summed E-state index contributed by atoms with van der Waals surface area (Å²) in [5.41, 5.74) is 0.503. The van der Waals surface area contributed by atoms with Crippen molar-refractivity contribution in [2.24, 2.45) is 0 Å². The first-order chi connectivity index (χ1) is 6.27. The molecule has 0 radical (unpaired) electrons. The maximum Gasteiger partial charge on any atom is 0.273 e. The molecule has 1 aromatic heterocycles. The van der Waals surface area contributed by atoms with E-state index in [0.29, 0.717) is 11.5 Å². The van der Waals surface area contributed by atoms with E-state index in [1.165, 1.54) is 6.33 Å². The Morgan fingerprint density at radius 1 is 1.38 bits per heavy atom. The number of fused-ring (bicyclic) bond motifs is 1. The molecule has 0 bridgehead atoms. The highest BCUT2D eigenvalue weighted by Gasteiger charge is 2.22. The molecule has 5 nitrogen and oxygen atoms in total. The molecule has 1 amide bonds. The smallest absolute Gasteiger partial charge is 0.273 e. The minimum absolute atomic E-state index is 0.0432. The predicted molar refractivity (Wildman–Crippen MR) is 50.5 cm³/mol. The Morgan fingerprint density at radius 2 is 2.08 bits per heavy atom. The van der Waals surface area contributed by atoms with Crippen molar-refractivity contribution in [1.82, 2.24) is 15.3 Å². The number of amides is 1. The number of hydrogen-bond acceptors (Lipinski definition) is 3. The Morgan fingerprint density at radius 3 is 2.77 bits per heavy atom. The molecule has 0 saturated heterocycles. The number of anilines is 1. The average molecular weight is 182 g/mol. The highest BCUT2D eigenvalue weighted by Crippen LogP contribution is 2.13. The summed E-state index contributed by atoms with van der Waals surface area (Å²) < 4.78 is 0. The summed E-state index contributed by atoms with van der Waals surface area (Å²) >= 11 is 0. The van der Waals surface area contributed by atoms with E-state index in [1.807, 2.05) is 20.8 Å². The number of aromatic nitrogens is 2. The topological polar surface area (TPSA) is 69.8 Å². The van der Waals surface area contributed by atoms with Crippen LogP contribution in [0.5, 0.6) is 0 Å². The van der Waals surface area contributed by atoms with Gasteiger partial charge in [0.15, 0.2) is 5.82 Å². The van der Waals surface area contributed by atoms with Gasteiger partial charge in [0.25, 0.3) is 5.91 Å². The van der Waals surface area contributed by atoms with Gasteiger partial charge in [-0.1, -0.05) is 13.8 Å². The van der Waals surface area contributed by atoms with E-state index in [1.54, 1.807) is 0 Å².